The third-order valence-corrected chi connectivity index (χ3v) is 2.79. The fraction of sp³-hybridized carbons (Fsp3) is 0. The minimum atomic E-state index is 1.24. The molecule has 0 bridgehead atoms. The Morgan fingerprint density at radius 3 is 2.44 bits per heavy atom. The van der Waals surface area contributed by atoms with Crippen LogP contribution in [0, 0.1) is 6.07 Å². The molecule has 0 nitrogen and oxygen atoms in total. The molecular formula is C16H11. The molecule has 0 saturated heterocycles. The van der Waals surface area contributed by atoms with Gasteiger partial charge < -0.3 is 0 Å². The highest BCUT2D eigenvalue weighted by Crippen LogP contribution is 2.23. The normalized spacial score (nSPS) is 10.5. The second kappa shape index (κ2) is 3.82. The molecule has 0 saturated carbocycles. The molecule has 0 aromatic heterocycles. The van der Waals surface area contributed by atoms with E-state index in [1.807, 2.05) is 18.2 Å². The third-order valence-electron chi connectivity index (χ3n) is 2.79. The van der Waals surface area contributed by atoms with Crippen LogP contribution >= 0.6 is 0 Å². The average molecular weight is 203 g/mol. The second-order valence-electron chi connectivity index (χ2n) is 3.85. The molecular weight excluding hydrogens is 192 g/mol. The van der Waals surface area contributed by atoms with Gasteiger partial charge >= 0.3 is 0 Å². The van der Waals surface area contributed by atoms with E-state index in [1.165, 1.54) is 21.9 Å². The van der Waals surface area contributed by atoms with Crippen molar-refractivity contribution in [3.63, 3.8) is 0 Å². The molecule has 0 fully saturated rings. The van der Waals surface area contributed by atoms with Crippen molar-refractivity contribution in [2.75, 3.05) is 0 Å². The van der Waals surface area contributed by atoms with E-state index in [2.05, 4.69) is 54.6 Å². The summed E-state index contributed by atoms with van der Waals surface area (Å²) in [7, 11) is 0. The van der Waals surface area contributed by atoms with Gasteiger partial charge in [-0.25, -0.2) is 0 Å². The molecule has 0 aliphatic carbocycles. The van der Waals surface area contributed by atoms with Gasteiger partial charge in [-0.2, -0.15) is 0 Å². The number of benzene rings is 3. The van der Waals surface area contributed by atoms with Crippen molar-refractivity contribution in [1.29, 1.82) is 0 Å². The highest BCUT2D eigenvalue weighted by molar-refractivity contribution is 5.87. The molecule has 16 heavy (non-hydrogen) atoms. The van der Waals surface area contributed by atoms with Crippen molar-refractivity contribution in [2.24, 2.45) is 0 Å². The maximum atomic E-state index is 3.11. The van der Waals surface area contributed by atoms with Crippen LogP contribution in [0.5, 0.6) is 0 Å². The summed E-state index contributed by atoms with van der Waals surface area (Å²) >= 11 is 0. The summed E-state index contributed by atoms with van der Waals surface area (Å²) < 4.78 is 0. The quantitative estimate of drug-likeness (QED) is 0.553. The van der Waals surface area contributed by atoms with Crippen LogP contribution in [-0.2, 0) is 0 Å². The van der Waals surface area contributed by atoms with Crippen LogP contribution in [-0.4, -0.2) is 0 Å². The number of hydrogen-bond donors (Lipinski definition) is 0. The molecule has 3 aromatic carbocycles. The van der Waals surface area contributed by atoms with E-state index in [-0.39, 0.29) is 0 Å². The van der Waals surface area contributed by atoms with Crippen molar-refractivity contribution < 1.29 is 0 Å². The lowest BCUT2D eigenvalue weighted by atomic mass is 10.0. The Morgan fingerprint density at radius 1 is 0.688 bits per heavy atom. The summed E-state index contributed by atoms with van der Waals surface area (Å²) in [5, 5.41) is 2.50. The number of fused-ring (bicyclic) bond motifs is 1. The SMILES string of the molecule is [c]1ccc2ccc(-c3ccccc3)cc2c1. The summed E-state index contributed by atoms with van der Waals surface area (Å²) in [6, 6.07) is 26.1. The standard InChI is InChI=1S/C16H11/c1-2-6-13(7-3-1)16-11-10-14-8-4-5-9-15(14)12-16/h1-4,6-12H. The summed E-state index contributed by atoms with van der Waals surface area (Å²) in [5.41, 5.74) is 2.51. The first-order chi connectivity index (χ1) is 7.93. The first-order valence-electron chi connectivity index (χ1n) is 5.39. The van der Waals surface area contributed by atoms with E-state index in [9.17, 15) is 0 Å². The van der Waals surface area contributed by atoms with Gasteiger partial charge in [0.15, 0.2) is 0 Å². The van der Waals surface area contributed by atoms with Gasteiger partial charge in [-0.15, -0.1) is 0 Å². The van der Waals surface area contributed by atoms with Gasteiger partial charge in [0.2, 0.25) is 0 Å². The third kappa shape index (κ3) is 1.59. The molecule has 0 spiro atoms. The van der Waals surface area contributed by atoms with Crippen molar-refractivity contribution >= 4 is 10.8 Å². The van der Waals surface area contributed by atoms with Crippen LogP contribution in [0.25, 0.3) is 21.9 Å². The van der Waals surface area contributed by atoms with Crippen LogP contribution in [0.15, 0.2) is 66.7 Å². The topological polar surface area (TPSA) is 0 Å². The molecule has 3 aromatic rings. The maximum absolute atomic E-state index is 3.11. The molecule has 0 amide bonds. The molecule has 3 rings (SSSR count). The predicted octanol–water partition coefficient (Wildman–Crippen LogP) is 4.31. The number of rotatable bonds is 1. The summed E-state index contributed by atoms with van der Waals surface area (Å²) in [6.07, 6.45) is 0. The van der Waals surface area contributed by atoms with E-state index in [0.29, 0.717) is 0 Å². The predicted molar refractivity (Wildman–Crippen MR) is 68.2 cm³/mol. The smallest absolute Gasteiger partial charge is 0.0172 e. The zero-order chi connectivity index (χ0) is 10.8. The fourth-order valence-corrected chi connectivity index (χ4v) is 1.94. The summed E-state index contributed by atoms with van der Waals surface area (Å²) in [6.45, 7) is 0. The van der Waals surface area contributed by atoms with Gasteiger partial charge in [0.25, 0.3) is 0 Å². The highest BCUT2D eigenvalue weighted by atomic mass is 14.0. The van der Waals surface area contributed by atoms with Gasteiger partial charge in [0, 0.05) is 0 Å². The molecule has 0 N–H and O–H groups in total. The highest BCUT2D eigenvalue weighted by Gasteiger charge is 1.97. The lowest BCUT2D eigenvalue weighted by Crippen LogP contribution is -1.78. The van der Waals surface area contributed by atoms with Crippen molar-refractivity contribution in [3.8, 4) is 11.1 Å². The minimum absolute atomic E-state index is 1.24. The second-order valence-corrected chi connectivity index (χ2v) is 3.85. The van der Waals surface area contributed by atoms with Gasteiger partial charge in [0.05, 0.1) is 0 Å². The maximum Gasteiger partial charge on any atom is -0.0172 e. The van der Waals surface area contributed by atoms with Gasteiger partial charge in [-0.05, 0) is 40.1 Å². The first-order valence-corrected chi connectivity index (χ1v) is 5.39. The lowest BCUT2D eigenvalue weighted by Gasteiger charge is -2.03. The Kier molecular flexibility index (Phi) is 2.19. The average Bonchev–Trinajstić information content (AvgIpc) is 2.39. The Morgan fingerprint density at radius 2 is 1.56 bits per heavy atom. The van der Waals surface area contributed by atoms with Crippen molar-refractivity contribution in [3.05, 3.63) is 72.8 Å². The van der Waals surface area contributed by atoms with E-state index in [1.54, 1.807) is 0 Å². The van der Waals surface area contributed by atoms with Crippen molar-refractivity contribution in [2.45, 2.75) is 0 Å². The fourth-order valence-electron chi connectivity index (χ4n) is 1.94. The van der Waals surface area contributed by atoms with Gasteiger partial charge in [-0.3, -0.25) is 0 Å². The summed E-state index contributed by atoms with van der Waals surface area (Å²) in [5.74, 6) is 0. The van der Waals surface area contributed by atoms with Gasteiger partial charge in [-0.1, -0.05) is 54.6 Å². The van der Waals surface area contributed by atoms with Crippen LogP contribution in [0.4, 0.5) is 0 Å². The monoisotopic (exact) mass is 203 g/mol. The molecule has 0 heterocycles. The Labute approximate surface area is 95.2 Å². The molecule has 0 aliphatic heterocycles. The minimum Gasteiger partial charge on any atom is -0.0622 e. The molecule has 0 aliphatic rings. The van der Waals surface area contributed by atoms with Crippen LogP contribution in [0.2, 0.25) is 0 Å². The molecule has 1 radical (unpaired) electrons. The summed E-state index contributed by atoms with van der Waals surface area (Å²) in [4.78, 5) is 0. The molecule has 0 atom stereocenters. The number of hydrogen-bond acceptors (Lipinski definition) is 0. The molecule has 75 valence electrons. The largest absolute Gasteiger partial charge is 0.0622 e. The Balaban J connectivity index is 2.19. The van der Waals surface area contributed by atoms with E-state index < -0.39 is 0 Å². The zero-order valence-corrected chi connectivity index (χ0v) is 8.85. The van der Waals surface area contributed by atoms with Crippen molar-refractivity contribution in [1.82, 2.24) is 0 Å². The van der Waals surface area contributed by atoms with Crippen LogP contribution in [0.1, 0.15) is 0 Å². The Hall–Kier alpha value is -2.08. The van der Waals surface area contributed by atoms with Gasteiger partial charge in [0.1, 0.15) is 0 Å². The van der Waals surface area contributed by atoms with E-state index in [0.717, 1.165) is 0 Å². The van der Waals surface area contributed by atoms with E-state index in [4.69, 9.17) is 0 Å². The zero-order valence-electron chi connectivity index (χ0n) is 8.85. The Bertz CT molecular complexity index is 609. The van der Waals surface area contributed by atoms with E-state index >= 15 is 0 Å². The lowest BCUT2D eigenvalue weighted by molar-refractivity contribution is 1.64. The molecule has 0 unspecified atom stereocenters. The first kappa shape index (κ1) is 9.17. The van der Waals surface area contributed by atoms with Crippen LogP contribution < -0.4 is 0 Å². The molecule has 0 heteroatoms. The van der Waals surface area contributed by atoms with Crippen LogP contribution in [0.3, 0.4) is 0 Å².